The maximum Gasteiger partial charge on any atom is 0.147 e. The van der Waals surface area contributed by atoms with Crippen molar-refractivity contribution in [2.45, 2.75) is 58.5 Å². The molecule has 102 valence electrons. The Morgan fingerprint density at radius 2 is 1.94 bits per heavy atom. The highest BCUT2D eigenvalue weighted by Crippen LogP contribution is 2.28. The number of sulfone groups is 1. The summed E-state index contributed by atoms with van der Waals surface area (Å²) in [6, 6.07) is 0.867. The molecule has 4 atom stereocenters. The van der Waals surface area contributed by atoms with Crippen LogP contribution in [-0.2, 0) is 9.84 Å². The molecule has 1 aliphatic rings. The minimum Gasteiger partial charge on any atom is -0.311 e. The van der Waals surface area contributed by atoms with Gasteiger partial charge in [-0.1, -0.05) is 13.8 Å². The van der Waals surface area contributed by atoms with Gasteiger partial charge in [0.2, 0.25) is 0 Å². The van der Waals surface area contributed by atoms with Gasteiger partial charge in [0, 0.05) is 18.3 Å². The van der Waals surface area contributed by atoms with Crippen molar-refractivity contribution >= 4 is 9.84 Å². The normalized spacial score (nSPS) is 32.4. The van der Waals surface area contributed by atoms with E-state index < -0.39 is 9.84 Å². The van der Waals surface area contributed by atoms with Gasteiger partial charge in [-0.3, -0.25) is 0 Å². The van der Waals surface area contributed by atoms with Crippen molar-refractivity contribution < 1.29 is 8.42 Å². The molecule has 1 fully saturated rings. The molecule has 1 saturated carbocycles. The molecule has 1 rings (SSSR count). The predicted octanol–water partition coefficient (Wildman–Crippen LogP) is 2.22. The van der Waals surface area contributed by atoms with Gasteiger partial charge in [-0.25, -0.2) is 8.42 Å². The average Bonchev–Trinajstić information content (AvgIpc) is 2.18. The second kappa shape index (κ2) is 6.19. The number of hydrogen-bond donors (Lipinski definition) is 1. The highest BCUT2D eigenvalue weighted by Gasteiger charge is 2.26. The zero-order chi connectivity index (χ0) is 13.1. The van der Waals surface area contributed by atoms with E-state index in [1.54, 1.807) is 0 Å². The summed E-state index contributed by atoms with van der Waals surface area (Å²) in [6.07, 6.45) is 5.84. The van der Waals surface area contributed by atoms with Gasteiger partial charge in [-0.15, -0.1) is 0 Å². The molecule has 0 aliphatic heterocycles. The van der Waals surface area contributed by atoms with Gasteiger partial charge in [0.15, 0.2) is 0 Å². The number of rotatable bonds is 5. The summed E-state index contributed by atoms with van der Waals surface area (Å²) in [6.45, 7) is 6.71. The molecule has 3 nitrogen and oxygen atoms in total. The number of hydrogen-bond acceptors (Lipinski definition) is 3. The third-order valence-electron chi connectivity index (χ3n) is 3.85. The van der Waals surface area contributed by atoms with Gasteiger partial charge in [0.1, 0.15) is 9.84 Å². The van der Waals surface area contributed by atoms with Crippen LogP contribution >= 0.6 is 0 Å². The summed E-state index contributed by atoms with van der Waals surface area (Å²) in [5.41, 5.74) is 0. The highest BCUT2D eigenvalue weighted by molar-refractivity contribution is 7.90. The first-order chi connectivity index (χ1) is 7.78. The van der Waals surface area contributed by atoms with Crippen molar-refractivity contribution in [2.75, 3.05) is 12.0 Å². The maximum atomic E-state index is 11.1. The van der Waals surface area contributed by atoms with E-state index in [1.165, 1.54) is 25.5 Å². The largest absolute Gasteiger partial charge is 0.311 e. The van der Waals surface area contributed by atoms with Gasteiger partial charge >= 0.3 is 0 Å². The average molecular weight is 261 g/mol. The molecule has 4 unspecified atom stereocenters. The molecule has 0 aromatic heterocycles. The van der Waals surface area contributed by atoms with Crippen LogP contribution < -0.4 is 5.32 Å². The summed E-state index contributed by atoms with van der Waals surface area (Å²) in [5, 5.41) is 3.60. The standard InChI is InChI=1S/C13H27NO2S/c1-10-5-6-13(11(2)9-10)14-12(3)7-8-17(4,15)16/h10-14H,5-9H2,1-4H3. The van der Waals surface area contributed by atoms with E-state index in [0.29, 0.717) is 23.8 Å². The summed E-state index contributed by atoms with van der Waals surface area (Å²) >= 11 is 0. The summed E-state index contributed by atoms with van der Waals surface area (Å²) in [7, 11) is -2.82. The van der Waals surface area contributed by atoms with Crippen LogP contribution in [0.1, 0.15) is 46.5 Å². The molecule has 0 heterocycles. The minimum atomic E-state index is -2.82. The summed E-state index contributed by atoms with van der Waals surface area (Å²) in [5.74, 6) is 1.84. The van der Waals surface area contributed by atoms with E-state index in [4.69, 9.17) is 0 Å². The zero-order valence-electron chi connectivity index (χ0n) is 11.6. The van der Waals surface area contributed by atoms with Crippen molar-refractivity contribution in [3.63, 3.8) is 0 Å². The third kappa shape index (κ3) is 5.87. The molecule has 0 aromatic rings. The lowest BCUT2D eigenvalue weighted by molar-refractivity contribution is 0.215. The van der Waals surface area contributed by atoms with Gasteiger partial charge in [-0.2, -0.15) is 0 Å². The van der Waals surface area contributed by atoms with E-state index in [-0.39, 0.29) is 0 Å². The lowest BCUT2D eigenvalue weighted by atomic mass is 9.79. The van der Waals surface area contributed by atoms with Gasteiger partial charge in [0.05, 0.1) is 5.75 Å². The molecule has 0 amide bonds. The van der Waals surface area contributed by atoms with E-state index in [0.717, 1.165) is 12.3 Å². The van der Waals surface area contributed by atoms with Crippen LogP contribution in [-0.4, -0.2) is 32.5 Å². The SMILES string of the molecule is CC1CCC(NC(C)CCS(C)(=O)=O)C(C)C1. The van der Waals surface area contributed by atoms with Crippen LogP contribution in [0.25, 0.3) is 0 Å². The molecule has 0 bridgehead atoms. The number of nitrogens with one attached hydrogen (secondary N) is 1. The second-order valence-corrected chi connectivity index (χ2v) is 8.25. The third-order valence-corrected chi connectivity index (χ3v) is 4.83. The Labute approximate surface area is 106 Å². The Morgan fingerprint density at radius 1 is 1.29 bits per heavy atom. The monoisotopic (exact) mass is 261 g/mol. The Balaban J connectivity index is 2.33. The van der Waals surface area contributed by atoms with Crippen molar-refractivity contribution in [3.8, 4) is 0 Å². The van der Waals surface area contributed by atoms with Crippen LogP contribution in [0.5, 0.6) is 0 Å². The van der Waals surface area contributed by atoms with Crippen molar-refractivity contribution in [3.05, 3.63) is 0 Å². The summed E-state index contributed by atoms with van der Waals surface area (Å²) < 4.78 is 22.2. The predicted molar refractivity (Wildman–Crippen MR) is 72.9 cm³/mol. The minimum absolute atomic E-state index is 0.290. The van der Waals surface area contributed by atoms with Crippen LogP contribution in [0.3, 0.4) is 0 Å². The fraction of sp³-hybridized carbons (Fsp3) is 1.00. The highest BCUT2D eigenvalue weighted by atomic mass is 32.2. The maximum absolute atomic E-state index is 11.1. The molecule has 4 heteroatoms. The molecule has 1 N–H and O–H groups in total. The fourth-order valence-electron chi connectivity index (χ4n) is 2.75. The quantitative estimate of drug-likeness (QED) is 0.825. The molecule has 1 aliphatic carbocycles. The van der Waals surface area contributed by atoms with Gasteiger partial charge in [-0.05, 0) is 44.4 Å². The molecular formula is C13H27NO2S. The van der Waals surface area contributed by atoms with E-state index in [1.807, 2.05) is 0 Å². The van der Waals surface area contributed by atoms with Crippen molar-refractivity contribution in [2.24, 2.45) is 11.8 Å². The zero-order valence-corrected chi connectivity index (χ0v) is 12.4. The lowest BCUT2D eigenvalue weighted by Gasteiger charge is -2.35. The molecule has 17 heavy (non-hydrogen) atoms. The van der Waals surface area contributed by atoms with Gasteiger partial charge in [0.25, 0.3) is 0 Å². The first kappa shape index (κ1) is 15.0. The van der Waals surface area contributed by atoms with Crippen LogP contribution in [0.4, 0.5) is 0 Å². The van der Waals surface area contributed by atoms with E-state index in [9.17, 15) is 8.42 Å². The molecular weight excluding hydrogens is 234 g/mol. The fourth-order valence-corrected chi connectivity index (χ4v) is 3.53. The smallest absolute Gasteiger partial charge is 0.147 e. The van der Waals surface area contributed by atoms with Crippen molar-refractivity contribution in [1.82, 2.24) is 5.32 Å². The molecule has 0 spiro atoms. The lowest BCUT2D eigenvalue weighted by Crippen LogP contribution is -2.44. The first-order valence-corrected chi connectivity index (χ1v) is 8.77. The topological polar surface area (TPSA) is 46.2 Å². The summed E-state index contributed by atoms with van der Waals surface area (Å²) in [4.78, 5) is 0. The first-order valence-electron chi connectivity index (χ1n) is 6.71. The molecule has 0 saturated heterocycles. The Morgan fingerprint density at radius 3 is 2.47 bits per heavy atom. The molecule has 0 radical (unpaired) electrons. The van der Waals surface area contributed by atoms with E-state index in [2.05, 4.69) is 26.1 Å². The van der Waals surface area contributed by atoms with E-state index >= 15 is 0 Å². The van der Waals surface area contributed by atoms with Crippen LogP contribution in [0.15, 0.2) is 0 Å². The molecule has 0 aromatic carbocycles. The Kier molecular flexibility index (Phi) is 5.45. The van der Waals surface area contributed by atoms with Crippen LogP contribution in [0, 0.1) is 11.8 Å². The second-order valence-electron chi connectivity index (χ2n) is 5.99. The van der Waals surface area contributed by atoms with Crippen LogP contribution in [0.2, 0.25) is 0 Å². The Bertz CT molecular complexity index is 326. The van der Waals surface area contributed by atoms with Gasteiger partial charge < -0.3 is 5.32 Å². The Hall–Kier alpha value is -0.0900. The van der Waals surface area contributed by atoms with Crippen molar-refractivity contribution in [1.29, 1.82) is 0 Å².